The molecule has 4 heteroatoms. The lowest BCUT2D eigenvalue weighted by atomic mass is 9.78. The fourth-order valence-electron chi connectivity index (χ4n) is 3.79. The van der Waals surface area contributed by atoms with E-state index in [9.17, 15) is 9.59 Å². The van der Waals surface area contributed by atoms with Gasteiger partial charge in [-0.15, -0.1) is 0 Å². The van der Waals surface area contributed by atoms with Gasteiger partial charge in [-0.25, -0.2) is 4.79 Å². The molecule has 0 aromatic rings. The van der Waals surface area contributed by atoms with Crippen molar-refractivity contribution in [3.63, 3.8) is 0 Å². The maximum absolute atomic E-state index is 12.8. The van der Waals surface area contributed by atoms with Crippen molar-refractivity contribution in [3.05, 3.63) is 47.6 Å². The zero-order valence-electron chi connectivity index (χ0n) is 18.8. The summed E-state index contributed by atoms with van der Waals surface area (Å²) in [6, 6.07) is 0. The van der Waals surface area contributed by atoms with Gasteiger partial charge in [0.1, 0.15) is 5.60 Å². The molecule has 2 rings (SSSR count). The monoisotopic (exact) mass is 400 g/mol. The molecule has 1 saturated heterocycles. The van der Waals surface area contributed by atoms with Gasteiger partial charge in [-0.2, -0.15) is 0 Å². The van der Waals surface area contributed by atoms with Crippen LogP contribution in [0.5, 0.6) is 0 Å². The molecule has 0 saturated carbocycles. The summed E-state index contributed by atoms with van der Waals surface area (Å²) < 4.78 is 11.7. The number of hydrogen-bond donors (Lipinski definition) is 0. The summed E-state index contributed by atoms with van der Waals surface area (Å²) in [5.74, 6) is -0.256. The average Bonchev–Trinajstić information content (AvgIpc) is 3.26. The Morgan fingerprint density at radius 2 is 1.97 bits per heavy atom. The molecule has 1 fully saturated rings. The fraction of sp³-hybridized carbons (Fsp3) is 0.600. The van der Waals surface area contributed by atoms with E-state index in [2.05, 4.69) is 33.4 Å². The molecule has 2 aliphatic rings. The number of ether oxygens (including phenoxy) is 2. The van der Waals surface area contributed by atoms with E-state index in [4.69, 9.17) is 9.47 Å². The smallest absolute Gasteiger partial charge is 0.331 e. The van der Waals surface area contributed by atoms with Gasteiger partial charge in [0, 0.05) is 12.5 Å². The number of Topliss-reactive ketones (excluding diaryl/α,β-unsaturated/α-hetero) is 1. The molecule has 160 valence electrons. The predicted molar refractivity (Wildman–Crippen MR) is 116 cm³/mol. The molecular formula is C25H36O4. The third-order valence-electron chi connectivity index (χ3n) is 5.80. The predicted octanol–water partition coefficient (Wildman–Crippen LogP) is 5.64. The van der Waals surface area contributed by atoms with E-state index in [-0.39, 0.29) is 23.3 Å². The van der Waals surface area contributed by atoms with Crippen molar-refractivity contribution in [3.8, 4) is 0 Å². The summed E-state index contributed by atoms with van der Waals surface area (Å²) >= 11 is 0. The van der Waals surface area contributed by atoms with Gasteiger partial charge in [0.05, 0.1) is 6.10 Å². The van der Waals surface area contributed by atoms with Crippen LogP contribution in [0.1, 0.15) is 73.6 Å². The highest BCUT2D eigenvalue weighted by atomic mass is 16.6. The zero-order chi connectivity index (χ0) is 21.8. The summed E-state index contributed by atoms with van der Waals surface area (Å²) in [6.07, 6.45) is 10.6. The van der Waals surface area contributed by atoms with Crippen LogP contribution >= 0.6 is 0 Å². The molecule has 0 spiro atoms. The number of hydrogen-bond acceptors (Lipinski definition) is 4. The van der Waals surface area contributed by atoms with Crippen molar-refractivity contribution >= 4 is 11.8 Å². The number of carbonyl (C=O) groups is 2. The van der Waals surface area contributed by atoms with Gasteiger partial charge in [0.15, 0.2) is 11.9 Å². The Morgan fingerprint density at radius 1 is 1.28 bits per heavy atom. The number of esters is 1. The Morgan fingerprint density at radius 3 is 2.59 bits per heavy atom. The maximum Gasteiger partial charge on any atom is 0.331 e. The van der Waals surface area contributed by atoms with Crippen LogP contribution in [0, 0.1) is 5.41 Å². The van der Waals surface area contributed by atoms with Gasteiger partial charge in [0.25, 0.3) is 0 Å². The normalized spacial score (nSPS) is 33.0. The Hall–Kier alpha value is -1.94. The van der Waals surface area contributed by atoms with Crippen LogP contribution in [0.2, 0.25) is 0 Å². The number of ketones is 1. The zero-order valence-corrected chi connectivity index (χ0v) is 18.8. The van der Waals surface area contributed by atoms with Crippen LogP contribution in [0.3, 0.4) is 0 Å². The van der Waals surface area contributed by atoms with Crippen LogP contribution in [-0.4, -0.2) is 29.6 Å². The third-order valence-corrected chi connectivity index (χ3v) is 5.80. The fourth-order valence-corrected chi connectivity index (χ4v) is 3.79. The second-order valence-corrected chi connectivity index (χ2v) is 9.44. The molecule has 0 radical (unpaired) electrons. The highest BCUT2D eigenvalue weighted by molar-refractivity contribution is 5.95. The van der Waals surface area contributed by atoms with Gasteiger partial charge >= 0.3 is 5.97 Å². The molecule has 0 aromatic heterocycles. The lowest BCUT2D eigenvalue weighted by Gasteiger charge is -2.27. The van der Waals surface area contributed by atoms with Crippen LogP contribution in [-0.2, 0) is 19.1 Å². The highest BCUT2D eigenvalue weighted by Crippen LogP contribution is 2.46. The van der Waals surface area contributed by atoms with Gasteiger partial charge in [-0.05, 0) is 77.4 Å². The summed E-state index contributed by atoms with van der Waals surface area (Å²) in [5, 5.41) is 0. The van der Waals surface area contributed by atoms with E-state index in [1.807, 2.05) is 32.9 Å². The first-order valence-corrected chi connectivity index (χ1v) is 10.5. The third kappa shape index (κ3) is 6.53. The molecule has 1 aliphatic heterocycles. The van der Waals surface area contributed by atoms with Crippen molar-refractivity contribution < 1.29 is 19.1 Å². The first kappa shape index (κ1) is 23.3. The second kappa shape index (κ2) is 9.25. The van der Waals surface area contributed by atoms with Gasteiger partial charge in [0.2, 0.25) is 0 Å². The molecule has 0 aromatic carbocycles. The Kier molecular flexibility index (Phi) is 7.45. The van der Waals surface area contributed by atoms with Crippen molar-refractivity contribution in [1.29, 1.82) is 0 Å². The van der Waals surface area contributed by atoms with E-state index < -0.39 is 11.7 Å². The minimum absolute atomic E-state index is 0.0452. The number of epoxide rings is 1. The molecule has 0 unspecified atom stereocenters. The van der Waals surface area contributed by atoms with Gasteiger partial charge < -0.3 is 9.47 Å². The standard InChI is InChI=1S/C25H36O4/c1-17(2)9-8-13-24(6)14-12-21(28-23(27)15-18(3)4)25(7)22(29-25)11-10-19(5)20(26)16-24/h9,12,14-15,21-22H,5,8,10-11,13,16H2,1-4,6-7H3/b14-12-/t21-,22-,24-,25+/m1/s1. The SMILES string of the molecule is C=C1CC[C@H]2O[C@@]2(C)[C@H](OC(=O)C=C(C)C)/C=C\[C@@](C)(CCC=C(C)C)CC1=O. The first-order chi connectivity index (χ1) is 13.4. The lowest BCUT2D eigenvalue weighted by Crippen LogP contribution is -2.32. The molecule has 1 aliphatic carbocycles. The van der Waals surface area contributed by atoms with Crippen LogP contribution < -0.4 is 0 Å². The molecule has 29 heavy (non-hydrogen) atoms. The van der Waals surface area contributed by atoms with Gasteiger partial charge in [-0.3, -0.25) is 4.79 Å². The van der Waals surface area contributed by atoms with Crippen molar-refractivity contribution in [2.75, 3.05) is 0 Å². The molecule has 0 bridgehead atoms. The lowest BCUT2D eigenvalue weighted by molar-refractivity contribution is -0.143. The molecular weight excluding hydrogens is 364 g/mol. The Labute approximate surface area is 175 Å². The summed E-state index contributed by atoms with van der Waals surface area (Å²) in [4.78, 5) is 25.1. The maximum atomic E-state index is 12.8. The van der Waals surface area contributed by atoms with E-state index in [1.54, 1.807) is 0 Å². The number of carbonyl (C=O) groups excluding carboxylic acids is 2. The second-order valence-electron chi connectivity index (χ2n) is 9.44. The molecule has 1 heterocycles. The number of fused-ring (bicyclic) bond motifs is 1. The first-order valence-electron chi connectivity index (χ1n) is 10.5. The van der Waals surface area contributed by atoms with E-state index in [1.165, 1.54) is 11.6 Å². The summed E-state index contributed by atoms with van der Waals surface area (Å²) in [6.45, 7) is 16.0. The topological polar surface area (TPSA) is 55.9 Å². The Balaban J connectivity index is 2.32. The molecule has 0 amide bonds. The quantitative estimate of drug-likeness (QED) is 0.259. The largest absolute Gasteiger partial charge is 0.452 e. The molecule has 0 N–H and O–H groups in total. The average molecular weight is 401 g/mol. The van der Waals surface area contributed by atoms with Crippen LogP contribution in [0.25, 0.3) is 0 Å². The van der Waals surface area contributed by atoms with Crippen molar-refractivity contribution in [2.24, 2.45) is 5.41 Å². The van der Waals surface area contributed by atoms with E-state index in [0.29, 0.717) is 24.8 Å². The summed E-state index contributed by atoms with van der Waals surface area (Å²) in [5.41, 5.74) is 1.92. The van der Waals surface area contributed by atoms with Gasteiger partial charge in [-0.1, -0.05) is 36.8 Å². The van der Waals surface area contributed by atoms with Crippen molar-refractivity contribution in [1.82, 2.24) is 0 Å². The minimum Gasteiger partial charge on any atom is -0.452 e. The van der Waals surface area contributed by atoms with Crippen LogP contribution in [0.15, 0.2) is 47.6 Å². The number of allylic oxidation sites excluding steroid dienone is 5. The number of rotatable bonds is 5. The Bertz CT molecular complexity index is 749. The van der Waals surface area contributed by atoms with Crippen molar-refractivity contribution in [2.45, 2.75) is 91.5 Å². The highest BCUT2D eigenvalue weighted by Gasteiger charge is 2.58. The van der Waals surface area contributed by atoms with Crippen LogP contribution in [0.4, 0.5) is 0 Å². The summed E-state index contributed by atoms with van der Waals surface area (Å²) in [7, 11) is 0. The van der Waals surface area contributed by atoms with E-state index in [0.717, 1.165) is 18.4 Å². The van der Waals surface area contributed by atoms with E-state index >= 15 is 0 Å². The molecule has 4 nitrogen and oxygen atoms in total. The molecule has 4 atom stereocenters. The minimum atomic E-state index is -0.559.